The summed E-state index contributed by atoms with van der Waals surface area (Å²) in [5, 5.41) is 2.55. The summed E-state index contributed by atoms with van der Waals surface area (Å²) >= 11 is 0. The maximum absolute atomic E-state index is 13.1. The summed E-state index contributed by atoms with van der Waals surface area (Å²) in [5.41, 5.74) is 2.23. The minimum atomic E-state index is -3.67. The van der Waals surface area contributed by atoms with Gasteiger partial charge in [-0.25, -0.2) is 13.2 Å². The van der Waals surface area contributed by atoms with Crippen molar-refractivity contribution >= 4 is 27.5 Å². The number of amides is 1. The second kappa shape index (κ2) is 6.76. The van der Waals surface area contributed by atoms with Gasteiger partial charge in [0.25, 0.3) is 10.0 Å². The minimum Gasteiger partial charge on any atom is -0.450 e. The summed E-state index contributed by atoms with van der Waals surface area (Å²) in [7, 11) is -3.67. The Bertz CT molecular complexity index is 878. The Labute approximate surface area is 147 Å². The van der Waals surface area contributed by atoms with Gasteiger partial charge in [-0.15, -0.1) is 0 Å². The number of carbonyl (C=O) groups is 1. The standard InChI is InChI=1S/C18H20N2O4S/c1-3-24-18(21)19-15-8-10-16(11-9-15)25(22,23)20-13(2)12-14-6-4-5-7-17(14)20/h4-11,13H,3,12H2,1-2H3,(H,19,21). The van der Waals surface area contributed by atoms with Gasteiger partial charge in [-0.1, -0.05) is 18.2 Å². The van der Waals surface area contributed by atoms with Crippen LogP contribution in [0.3, 0.4) is 0 Å². The van der Waals surface area contributed by atoms with Gasteiger partial charge in [-0.3, -0.25) is 9.62 Å². The van der Waals surface area contributed by atoms with Gasteiger partial charge >= 0.3 is 6.09 Å². The van der Waals surface area contributed by atoms with Crippen LogP contribution in [0.2, 0.25) is 0 Å². The lowest BCUT2D eigenvalue weighted by Gasteiger charge is -2.24. The third-order valence-electron chi connectivity index (χ3n) is 4.08. The Balaban J connectivity index is 1.87. The van der Waals surface area contributed by atoms with Crippen LogP contribution in [-0.2, 0) is 21.2 Å². The molecule has 1 aliphatic heterocycles. The molecule has 0 aromatic heterocycles. The maximum Gasteiger partial charge on any atom is 0.411 e. The molecule has 3 rings (SSSR count). The van der Waals surface area contributed by atoms with E-state index in [2.05, 4.69) is 5.32 Å². The number of rotatable bonds is 4. The Hall–Kier alpha value is -2.54. The van der Waals surface area contributed by atoms with E-state index in [1.54, 1.807) is 19.1 Å². The zero-order valence-electron chi connectivity index (χ0n) is 14.1. The first kappa shape index (κ1) is 17.3. The first-order chi connectivity index (χ1) is 11.9. The van der Waals surface area contributed by atoms with Crippen LogP contribution in [0.1, 0.15) is 19.4 Å². The molecule has 0 saturated carbocycles. The molecule has 7 heteroatoms. The smallest absolute Gasteiger partial charge is 0.411 e. The van der Waals surface area contributed by atoms with Crippen molar-refractivity contribution in [3.63, 3.8) is 0 Å². The first-order valence-corrected chi connectivity index (χ1v) is 9.53. The van der Waals surface area contributed by atoms with Crippen LogP contribution in [0.25, 0.3) is 0 Å². The maximum atomic E-state index is 13.1. The molecule has 0 fully saturated rings. The molecule has 0 spiro atoms. The number of benzene rings is 2. The van der Waals surface area contributed by atoms with E-state index in [1.807, 2.05) is 31.2 Å². The third kappa shape index (κ3) is 3.32. The zero-order chi connectivity index (χ0) is 18.0. The summed E-state index contributed by atoms with van der Waals surface area (Å²) in [6.45, 7) is 3.88. The largest absolute Gasteiger partial charge is 0.450 e. The molecule has 0 aliphatic carbocycles. The average Bonchev–Trinajstić information content (AvgIpc) is 2.92. The highest BCUT2D eigenvalue weighted by Gasteiger charge is 2.35. The molecule has 0 bridgehead atoms. The molecule has 6 nitrogen and oxygen atoms in total. The number of sulfonamides is 1. The molecular weight excluding hydrogens is 340 g/mol. The van der Waals surface area contributed by atoms with Gasteiger partial charge < -0.3 is 4.74 Å². The van der Waals surface area contributed by atoms with Crippen molar-refractivity contribution < 1.29 is 17.9 Å². The Kier molecular flexibility index (Phi) is 4.67. The summed E-state index contributed by atoms with van der Waals surface area (Å²) in [5.74, 6) is 0. The Morgan fingerprint density at radius 2 is 1.88 bits per heavy atom. The molecule has 1 amide bonds. The zero-order valence-corrected chi connectivity index (χ0v) is 14.9. The normalized spacial score (nSPS) is 16.4. The number of nitrogens with zero attached hydrogens (tertiary/aromatic N) is 1. The lowest BCUT2D eigenvalue weighted by Crippen LogP contribution is -2.35. The molecule has 132 valence electrons. The van der Waals surface area contributed by atoms with Crippen molar-refractivity contribution in [2.24, 2.45) is 0 Å². The number of fused-ring (bicyclic) bond motifs is 1. The van der Waals surface area contributed by atoms with E-state index >= 15 is 0 Å². The van der Waals surface area contributed by atoms with Gasteiger partial charge in [0.2, 0.25) is 0 Å². The molecule has 1 aliphatic rings. The number of carbonyl (C=O) groups excluding carboxylic acids is 1. The van der Waals surface area contributed by atoms with Crippen LogP contribution in [0.4, 0.5) is 16.2 Å². The lowest BCUT2D eigenvalue weighted by atomic mass is 10.1. The van der Waals surface area contributed by atoms with Gasteiger partial charge in [-0.05, 0) is 56.2 Å². The van der Waals surface area contributed by atoms with Crippen molar-refractivity contribution in [2.45, 2.75) is 31.2 Å². The molecular formula is C18H20N2O4S. The minimum absolute atomic E-state index is 0.139. The molecule has 1 atom stereocenters. The van der Waals surface area contributed by atoms with Crippen molar-refractivity contribution in [1.82, 2.24) is 0 Å². The quantitative estimate of drug-likeness (QED) is 0.907. The van der Waals surface area contributed by atoms with Crippen LogP contribution in [0, 0.1) is 0 Å². The fourth-order valence-corrected chi connectivity index (χ4v) is 4.70. The van der Waals surface area contributed by atoms with Gasteiger partial charge in [-0.2, -0.15) is 0 Å². The number of ether oxygens (including phenoxy) is 1. The van der Waals surface area contributed by atoms with Crippen LogP contribution in [0.5, 0.6) is 0 Å². The van der Waals surface area contributed by atoms with E-state index in [1.165, 1.54) is 16.4 Å². The van der Waals surface area contributed by atoms with E-state index in [0.29, 0.717) is 12.1 Å². The summed E-state index contributed by atoms with van der Waals surface area (Å²) in [6, 6.07) is 13.5. The van der Waals surface area contributed by atoms with Crippen molar-refractivity contribution in [1.29, 1.82) is 0 Å². The topological polar surface area (TPSA) is 75.7 Å². The van der Waals surface area contributed by atoms with E-state index in [0.717, 1.165) is 11.3 Å². The van der Waals surface area contributed by atoms with Crippen LogP contribution in [0.15, 0.2) is 53.4 Å². The molecule has 2 aromatic rings. The van der Waals surface area contributed by atoms with E-state index < -0.39 is 16.1 Å². The molecule has 0 saturated heterocycles. The van der Waals surface area contributed by atoms with Gasteiger partial charge in [0.05, 0.1) is 17.2 Å². The second-order valence-electron chi connectivity index (χ2n) is 5.85. The molecule has 0 radical (unpaired) electrons. The van der Waals surface area contributed by atoms with Crippen molar-refractivity contribution in [3.8, 4) is 0 Å². The molecule has 1 N–H and O–H groups in total. The number of nitrogens with one attached hydrogen (secondary N) is 1. The number of hydrogen-bond donors (Lipinski definition) is 1. The predicted molar refractivity (Wildman–Crippen MR) is 96.4 cm³/mol. The summed E-state index contributed by atoms with van der Waals surface area (Å²) in [6.07, 6.45) is 0.123. The van der Waals surface area contributed by atoms with Crippen molar-refractivity contribution in [2.75, 3.05) is 16.2 Å². The van der Waals surface area contributed by atoms with Crippen LogP contribution >= 0.6 is 0 Å². The molecule has 1 heterocycles. The van der Waals surface area contributed by atoms with Gasteiger partial charge in [0.1, 0.15) is 0 Å². The average molecular weight is 360 g/mol. The van der Waals surface area contributed by atoms with E-state index in [-0.39, 0.29) is 17.5 Å². The Morgan fingerprint density at radius 1 is 1.20 bits per heavy atom. The monoisotopic (exact) mass is 360 g/mol. The van der Waals surface area contributed by atoms with E-state index in [4.69, 9.17) is 4.74 Å². The molecule has 1 unspecified atom stereocenters. The molecule has 25 heavy (non-hydrogen) atoms. The summed E-state index contributed by atoms with van der Waals surface area (Å²) in [4.78, 5) is 11.6. The van der Waals surface area contributed by atoms with Crippen LogP contribution in [-0.4, -0.2) is 27.2 Å². The predicted octanol–water partition coefficient (Wildman–Crippen LogP) is 3.39. The Morgan fingerprint density at radius 3 is 2.56 bits per heavy atom. The second-order valence-corrected chi connectivity index (χ2v) is 7.67. The SMILES string of the molecule is CCOC(=O)Nc1ccc(S(=O)(=O)N2c3ccccc3CC2C)cc1. The fourth-order valence-electron chi connectivity index (χ4n) is 3.01. The fraction of sp³-hybridized carbons (Fsp3) is 0.278. The van der Waals surface area contributed by atoms with E-state index in [9.17, 15) is 13.2 Å². The highest BCUT2D eigenvalue weighted by atomic mass is 32.2. The number of anilines is 2. The van der Waals surface area contributed by atoms with Crippen LogP contribution < -0.4 is 9.62 Å². The van der Waals surface area contributed by atoms with Crippen molar-refractivity contribution in [3.05, 3.63) is 54.1 Å². The van der Waals surface area contributed by atoms with Gasteiger partial charge in [0, 0.05) is 11.7 Å². The number of para-hydroxylation sites is 1. The molecule has 2 aromatic carbocycles. The third-order valence-corrected chi connectivity index (χ3v) is 6.02. The summed E-state index contributed by atoms with van der Waals surface area (Å²) < 4.78 is 32.4. The number of hydrogen-bond acceptors (Lipinski definition) is 4. The highest BCUT2D eigenvalue weighted by molar-refractivity contribution is 7.92. The highest BCUT2D eigenvalue weighted by Crippen LogP contribution is 2.36. The lowest BCUT2D eigenvalue weighted by molar-refractivity contribution is 0.168. The van der Waals surface area contributed by atoms with Gasteiger partial charge in [0.15, 0.2) is 0 Å². The first-order valence-electron chi connectivity index (χ1n) is 8.09.